The van der Waals surface area contributed by atoms with Gasteiger partial charge in [-0.05, 0) is 55.2 Å². The van der Waals surface area contributed by atoms with E-state index in [-0.39, 0.29) is 11.8 Å². The number of hydrogen-bond donors (Lipinski definition) is 1. The maximum absolute atomic E-state index is 13.0. The number of amidine groups is 1. The minimum atomic E-state index is -0.304. The second kappa shape index (κ2) is 10.6. The Morgan fingerprint density at radius 2 is 2.19 bits per heavy atom. The van der Waals surface area contributed by atoms with Crippen molar-refractivity contribution in [3.05, 3.63) is 54.2 Å². The molecule has 0 aromatic heterocycles. The van der Waals surface area contributed by atoms with Crippen LogP contribution in [0.4, 0.5) is 0 Å². The van der Waals surface area contributed by atoms with Crippen LogP contribution in [0.2, 0.25) is 5.02 Å². The molecule has 1 atom stereocenters. The number of hydrogen-bond acceptors (Lipinski definition) is 4. The molecule has 6 heteroatoms. The average molecular weight is 393 g/mol. The Balaban J connectivity index is 2.26. The molecule has 1 aromatic carbocycles. The summed E-state index contributed by atoms with van der Waals surface area (Å²) in [6.45, 7) is 8.75. The second-order valence-electron chi connectivity index (χ2n) is 6.13. The molecule has 1 aliphatic heterocycles. The zero-order valence-corrected chi connectivity index (χ0v) is 16.6. The number of nitrogens with one attached hydrogen (secondary N) is 1. The Hall–Kier alpha value is -1.56. The summed E-state index contributed by atoms with van der Waals surface area (Å²) in [4.78, 5) is 18.0. The fourth-order valence-corrected chi connectivity index (χ4v) is 3.94. The van der Waals surface area contributed by atoms with Gasteiger partial charge in [-0.1, -0.05) is 30.8 Å². The standard InChI is InChI=1S/C20H25ClN2O2S/c1-4-19(22-5-2)23-20(24)16(12-14-8-10-25-11-9-14)15-6-7-18(26-3)17(21)13-15/h4-7,13-14,16H,1-2,8-12H2,3H3,(H,22,23,24). The van der Waals surface area contributed by atoms with Crippen LogP contribution < -0.4 is 5.32 Å². The maximum atomic E-state index is 13.0. The molecule has 2 rings (SSSR count). The molecule has 26 heavy (non-hydrogen) atoms. The fraction of sp³-hybridized carbons (Fsp3) is 0.400. The van der Waals surface area contributed by atoms with Gasteiger partial charge in [-0.25, -0.2) is 4.99 Å². The molecule has 0 aliphatic carbocycles. The second-order valence-corrected chi connectivity index (χ2v) is 7.38. The number of carbonyl (C=O) groups is 1. The first-order valence-corrected chi connectivity index (χ1v) is 10.2. The number of rotatable bonds is 7. The van der Waals surface area contributed by atoms with E-state index in [9.17, 15) is 4.79 Å². The Morgan fingerprint density at radius 3 is 2.77 bits per heavy atom. The van der Waals surface area contributed by atoms with Gasteiger partial charge in [-0.3, -0.25) is 4.79 Å². The van der Waals surface area contributed by atoms with Crippen LogP contribution in [0.1, 0.15) is 30.7 Å². The Labute approximate surface area is 164 Å². The lowest BCUT2D eigenvalue weighted by atomic mass is 9.84. The van der Waals surface area contributed by atoms with Gasteiger partial charge in [-0.15, -0.1) is 11.8 Å². The van der Waals surface area contributed by atoms with E-state index in [1.54, 1.807) is 11.8 Å². The van der Waals surface area contributed by atoms with Gasteiger partial charge < -0.3 is 10.1 Å². The highest BCUT2D eigenvalue weighted by Crippen LogP contribution is 2.33. The summed E-state index contributed by atoms with van der Waals surface area (Å²) >= 11 is 7.97. The van der Waals surface area contributed by atoms with Crippen molar-refractivity contribution < 1.29 is 9.53 Å². The van der Waals surface area contributed by atoms with Crippen LogP contribution in [-0.2, 0) is 9.53 Å². The van der Waals surface area contributed by atoms with Crippen molar-refractivity contribution in [1.29, 1.82) is 0 Å². The summed E-state index contributed by atoms with van der Waals surface area (Å²) in [6.07, 6.45) is 7.56. The van der Waals surface area contributed by atoms with Gasteiger partial charge >= 0.3 is 0 Å². The molecule has 1 aliphatic rings. The zero-order valence-electron chi connectivity index (χ0n) is 15.0. The lowest BCUT2D eigenvalue weighted by molar-refractivity contribution is -0.121. The first kappa shape index (κ1) is 20.7. The molecule has 1 amide bonds. The predicted molar refractivity (Wildman–Crippen MR) is 110 cm³/mol. The Bertz CT molecular complexity index is 684. The van der Waals surface area contributed by atoms with Gasteiger partial charge in [0, 0.05) is 24.3 Å². The summed E-state index contributed by atoms with van der Waals surface area (Å²) in [6, 6.07) is 5.85. The Kier molecular flexibility index (Phi) is 8.42. The van der Waals surface area contributed by atoms with E-state index in [1.807, 2.05) is 24.5 Å². The largest absolute Gasteiger partial charge is 0.381 e. The van der Waals surface area contributed by atoms with Crippen LogP contribution in [0.3, 0.4) is 0 Å². The SMILES string of the molecule is C=CN=C(C=C)NC(=O)C(CC1CCOCC1)c1ccc(SC)c(Cl)c1. The van der Waals surface area contributed by atoms with Crippen LogP contribution in [0.25, 0.3) is 0 Å². The van der Waals surface area contributed by atoms with E-state index >= 15 is 0 Å². The van der Waals surface area contributed by atoms with Crippen molar-refractivity contribution in [2.75, 3.05) is 19.5 Å². The number of carbonyl (C=O) groups excluding carboxylic acids is 1. The molecule has 1 fully saturated rings. The monoisotopic (exact) mass is 392 g/mol. The third-order valence-corrected chi connectivity index (χ3v) is 5.70. The third-order valence-electron chi connectivity index (χ3n) is 4.48. The van der Waals surface area contributed by atoms with Crippen molar-refractivity contribution in [3.63, 3.8) is 0 Å². The lowest BCUT2D eigenvalue weighted by Crippen LogP contribution is -2.35. The molecule has 0 radical (unpaired) electrons. The van der Waals surface area contributed by atoms with Gasteiger partial charge in [-0.2, -0.15) is 0 Å². The van der Waals surface area contributed by atoms with Crippen molar-refractivity contribution in [1.82, 2.24) is 5.32 Å². The molecule has 1 saturated heterocycles. The fourth-order valence-electron chi connectivity index (χ4n) is 3.06. The number of aliphatic imine (C=N–C) groups is 1. The first-order valence-electron chi connectivity index (χ1n) is 8.62. The van der Waals surface area contributed by atoms with Crippen LogP contribution in [0.5, 0.6) is 0 Å². The number of thioether (sulfide) groups is 1. The highest BCUT2D eigenvalue weighted by atomic mass is 35.5. The van der Waals surface area contributed by atoms with Crippen LogP contribution in [0, 0.1) is 5.92 Å². The van der Waals surface area contributed by atoms with E-state index in [4.69, 9.17) is 16.3 Å². The molecule has 1 heterocycles. The molecular formula is C20H25ClN2O2S. The molecule has 4 nitrogen and oxygen atoms in total. The van der Waals surface area contributed by atoms with E-state index in [1.165, 1.54) is 12.3 Å². The number of benzene rings is 1. The molecule has 0 spiro atoms. The number of nitrogens with zero attached hydrogens (tertiary/aromatic N) is 1. The van der Waals surface area contributed by atoms with Gasteiger partial charge in [0.25, 0.3) is 0 Å². The van der Waals surface area contributed by atoms with Crippen LogP contribution in [0.15, 0.2) is 53.5 Å². The number of halogens is 1. The molecule has 140 valence electrons. The molecule has 1 unspecified atom stereocenters. The smallest absolute Gasteiger partial charge is 0.233 e. The quantitative estimate of drug-likeness (QED) is 0.411. The summed E-state index contributed by atoms with van der Waals surface area (Å²) in [7, 11) is 0. The van der Waals surface area contributed by atoms with Gasteiger partial charge in [0.1, 0.15) is 5.84 Å². The Morgan fingerprint density at radius 1 is 1.46 bits per heavy atom. The van der Waals surface area contributed by atoms with Gasteiger partial charge in [0.05, 0.1) is 10.9 Å². The third kappa shape index (κ3) is 5.73. The maximum Gasteiger partial charge on any atom is 0.233 e. The number of ether oxygens (including phenoxy) is 1. The van der Waals surface area contributed by atoms with Crippen molar-refractivity contribution >= 4 is 35.1 Å². The molecule has 1 N–H and O–H groups in total. The summed E-state index contributed by atoms with van der Waals surface area (Å²) in [5.74, 6) is 0.433. The highest BCUT2D eigenvalue weighted by Gasteiger charge is 2.27. The predicted octanol–water partition coefficient (Wildman–Crippen LogP) is 4.81. The van der Waals surface area contributed by atoms with Gasteiger partial charge in [0.15, 0.2) is 0 Å². The van der Waals surface area contributed by atoms with E-state index in [2.05, 4.69) is 23.5 Å². The summed E-state index contributed by atoms with van der Waals surface area (Å²) < 4.78 is 5.44. The number of amides is 1. The van der Waals surface area contributed by atoms with Crippen molar-refractivity contribution in [2.45, 2.75) is 30.1 Å². The topological polar surface area (TPSA) is 50.7 Å². The highest BCUT2D eigenvalue weighted by molar-refractivity contribution is 7.98. The minimum Gasteiger partial charge on any atom is -0.381 e. The molecule has 0 saturated carbocycles. The van der Waals surface area contributed by atoms with Crippen LogP contribution >= 0.6 is 23.4 Å². The van der Waals surface area contributed by atoms with E-state index in [0.717, 1.165) is 42.9 Å². The van der Waals surface area contributed by atoms with Crippen molar-refractivity contribution in [3.8, 4) is 0 Å². The van der Waals surface area contributed by atoms with E-state index in [0.29, 0.717) is 16.8 Å². The summed E-state index contributed by atoms with van der Waals surface area (Å²) in [5.41, 5.74) is 0.916. The average Bonchev–Trinajstić information content (AvgIpc) is 2.66. The minimum absolute atomic E-state index is 0.107. The van der Waals surface area contributed by atoms with Crippen LogP contribution in [-0.4, -0.2) is 31.2 Å². The van der Waals surface area contributed by atoms with E-state index < -0.39 is 0 Å². The van der Waals surface area contributed by atoms with Gasteiger partial charge in [0.2, 0.25) is 5.91 Å². The first-order chi connectivity index (χ1) is 12.6. The lowest BCUT2D eigenvalue weighted by Gasteiger charge is -2.26. The molecule has 1 aromatic rings. The summed E-state index contributed by atoms with van der Waals surface area (Å²) in [5, 5.41) is 3.52. The molecule has 0 bridgehead atoms. The normalized spacial score (nSPS) is 16.8. The van der Waals surface area contributed by atoms with Crippen molar-refractivity contribution in [2.24, 2.45) is 10.9 Å². The zero-order chi connectivity index (χ0) is 18.9. The molecular weight excluding hydrogens is 368 g/mol.